The van der Waals surface area contributed by atoms with Crippen LogP contribution in [0.4, 0.5) is 8.78 Å². The molecule has 0 spiro atoms. The van der Waals surface area contributed by atoms with Gasteiger partial charge >= 0.3 is 0 Å². The van der Waals surface area contributed by atoms with Crippen molar-refractivity contribution in [3.63, 3.8) is 0 Å². The molecule has 3 aromatic carbocycles. The minimum atomic E-state index is -0.360. The number of nitrogens with two attached hydrogens (primary N) is 2. The minimum absolute atomic E-state index is 0. The number of H-pyrrole nitrogens is 1. The van der Waals surface area contributed by atoms with Crippen LogP contribution in [-0.2, 0) is 0 Å². The molecule has 4 aromatic rings. The van der Waals surface area contributed by atoms with E-state index in [0.717, 1.165) is 35.1 Å². The third-order valence-corrected chi connectivity index (χ3v) is 5.45. The Kier molecular flexibility index (Phi) is 10.2. The van der Waals surface area contributed by atoms with E-state index in [4.69, 9.17) is 11.5 Å². The van der Waals surface area contributed by atoms with Gasteiger partial charge < -0.3 is 21.8 Å². The summed E-state index contributed by atoms with van der Waals surface area (Å²) in [6.45, 7) is 0.871. The second kappa shape index (κ2) is 12.6. The molecule has 186 valence electrons. The first kappa shape index (κ1) is 28.2. The number of rotatable bonds is 8. The third-order valence-electron chi connectivity index (χ3n) is 5.45. The summed E-state index contributed by atoms with van der Waals surface area (Å²) in [4.78, 5) is 20.1. The number of imidazole rings is 1. The van der Waals surface area contributed by atoms with Crippen LogP contribution in [-0.4, -0.2) is 35.0 Å². The molecule has 6 N–H and O–H groups in total. The van der Waals surface area contributed by atoms with Crippen molar-refractivity contribution < 1.29 is 13.6 Å². The van der Waals surface area contributed by atoms with Gasteiger partial charge in [0.1, 0.15) is 11.6 Å². The molecule has 10 heteroatoms. The summed E-state index contributed by atoms with van der Waals surface area (Å²) in [6.07, 6.45) is 1.51. The Morgan fingerprint density at radius 2 is 1.49 bits per heavy atom. The van der Waals surface area contributed by atoms with Crippen LogP contribution in [0.25, 0.3) is 33.3 Å². The molecule has 35 heavy (non-hydrogen) atoms. The Morgan fingerprint density at radius 1 is 0.943 bits per heavy atom. The Morgan fingerprint density at radius 3 is 2.03 bits per heavy atom. The molecular weight excluding hydrogens is 495 g/mol. The second-order valence-corrected chi connectivity index (χ2v) is 7.92. The van der Waals surface area contributed by atoms with Crippen molar-refractivity contribution in [2.24, 2.45) is 11.5 Å². The number of amides is 1. The first-order valence-corrected chi connectivity index (χ1v) is 10.7. The Hall–Kier alpha value is -3.04. The van der Waals surface area contributed by atoms with Crippen molar-refractivity contribution in [2.45, 2.75) is 18.9 Å². The highest BCUT2D eigenvalue weighted by molar-refractivity contribution is 5.98. The largest absolute Gasteiger partial charge is 0.348 e. The lowest BCUT2D eigenvalue weighted by Crippen LogP contribution is -2.37. The maximum atomic E-state index is 13.5. The highest BCUT2D eigenvalue weighted by Crippen LogP contribution is 2.35. The lowest BCUT2D eigenvalue weighted by molar-refractivity contribution is 0.0941. The summed E-state index contributed by atoms with van der Waals surface area (Å²) in [5.41, 5.74) is 15.9. The molecular formula is C25H27Cl2F2N5O. The van der Waals surface area contributed by atoms with Crippen LogP contribution in [0.5, 0.6) is 0 Å². The number of nitrogens with zero attached hydrogens (tertiary/aromatic N) is 1. The number of carbonyl (C=O) groups is 1. The molecule has 1 aromatic heterocycles. The third kappa shape index (κ3) is 6.76. The molecule has 0 fully saturated rings. The summed E-state index contributed by atoms with van der Waals surface area (Å²) in [5, 5.41) is 2.79. The topological polar surface area (TPSA) is 110 Å². The Balaban J connectivity index is 0.00000216. The monoisotopic (exact) mass is 521 g/mol. The van der Waals surface area contributed by atoms with Gasteiger partial charge in [-0.05, 0) is 78.0 Å². The highest BCUT2D eigenvalue weighted by Gasteiger charge is 2.16. The highest BCUT2D eigenvalue weighted by atomic mass is 35.5. The zero-order valence-corrected chi connectivity index (χ0v) is 20.4. The van der Waals surface area contributed by atoms with Gasteiger partial charge in [-0.25, -0.2) is 13.8 Å². The van der Waals surface area contributed by atoms with E-state index in [1.165, 1.54) is 24.3 Å². The minimum Gasteiger partial charge on any atom is -0.348 e. The van der Waals surface area contributed by atoms with Gasteiger partial charge in [0.05, 0.1) is 11.0 Å². The molecule has 1 atom stereocenters. The van der Waals surface area contributed by atoms with E-state index in [1.54, 1.807) is 24.3 Å². The maximum absolute atomic E-state index is 13.5. The van der Waals surface area contributed by atoms with Gasteiger partial charge in [-0.1, -0.05) is 24.3 Å². The fraction of sp³-hybridized carbons (Fsp3) is 0.200. The smallest absolute Gasteiger partial charge is 0.287 e. The van der Waals surface area contributed by atoms with Crippen LogP contribution >= 0.6 is 24.8 Å². The average Bonchev–Trinajstić information content (AvgIpc) is 3.24. The van der Waals surface area contributed by atoms with Crippen LogP contribution in [0.1, 0.15) is 23.5 Å². The summed E-state index contributed by atoms with van der Waals surface area (Å²) < 4.78 is 27.0. The fourth-order valence-corrected chi connectivity index (χ4v) is 3.69. The SMILES string of the molecule is Cl.Cl.NCCCC(N)CNC(=O)c1nc2cc(-c3ccc(F)cc3)c(-c3ccc(F)cc3)cc2[nH]1. The zero-order chi connectivity index (χ0) is 23.4. The molecule has 0 bridgehead atoms. The molecule has 0 aliphatic carbocycles. The lowest BCUT2D eigenvalue weighted by Gasteiger charge is -2.11. The molecule has 0 saturated carbocycles. The van der Waals surface area contributed by atoms with E-state index < -0.39 is 0 Å². The van der Waals surface area contributed by atoms with Gasteiger partial charge in [0.2, 0.25) is 0 Å². The van der Waals surface area contributed by atoms with Crippen LogP contribution in [0.15, 0.2) is 60.7 Å². The van der Waals surface area contributed by atoms with Crippen molar-refractivity contribution in [3.05, 3.63) is 78.1 Å². The van der Waals surface area contributed by atoms with E-state index in [-0.39, 0.29) is 54.2 Å². The van der Waals surface area contributed by atoms with Crippen LogP contribution in [0.2, 0.25) is 0 Å². The summed E-state index contributed by atoms with van der Waals surface area (Å²) in [5.74, 6) is -0.877. The van der Waals surface area contributed by atoms with Gasteiger partial charge in [0.25, 0.3) is 5.91 Å². The lowest BCUT2D eigenvalue weighted by atomic mass is 9.94. The molecule has 1 amide bonds. The number of fused-ring (bicyclic) bond motifs is 1. The van der Waals surface area contributed by atoms with E-state index in [0.29, 0.717) is 24.1 Å². The number of carbonyl (C=O) groups excluding carboxylic acids is 1. The number of nitrogens with one attached hydrogen (secondary N) is 2. The maximum Gasteiger partial charge on any atom is 0.287 e. The van der Waals surface area contributed by atoms with Gasteiger partial charge in [-0.15, -0.1) is 24.8 Å². The van der Waals surface area contributed by atoms with Crippen LogP contribution < -0.4 is 16.8 Å². The number of benzene rings is 3. The first-order valence-electron chi connectivity index (χ1n) is 10.7. The van der Waals surface area contributed by atoms with E-state index in [2.05, 4.69) is 15.3 Å². The van der Waals surface area contributed by atoms with Gasteiger partial charge in [0, 0.05) is 12.6 Å². The van der Waals surface area contributed by atoms with Gasteiger partial charge in [-0.3, -0.25) is 4.79 Å². The molecule has 4 rings (SSSR count). The molecule has 0 radical (unpaired) electrons. The second-order valence-electron chi connectivity index (χ2n) is 7.92. The van der Waals surface area contributed by atoms with Crippen LogP contribution in [0.3, 0.4) is 0 Å². The average molecular weight is 522 g/mol. The quantitative estimate of drug-likeness (QED) is 0.266. The molecule has 0 saturated heterocycles. The Labute approximate surface area is 214 Å². The number of aromatic nitrogens is 2. The van der Waals surface area contributed by atoms with Crippen molar-refractivity contribution in [1.29, 1.82) is 0 Å². The number of halogens is 4. The molecule has 0 aliphatic rings. The Bertz CT molecular complexity index is 1180. The van der Waals surface area contributed by atoms with Crippen molar-refractivity contribution in [3.8, 4) is 22.3 Å². The van der Waals surface area contributed by atoms with Crippen molar-refractivity contribution in [1.82, 2.24) is 15.3 Å². The normalized spacial score (nSPS) is 11.4. The van der Waals surface area contributed by atoms with E-state index >= 15 is 0 Å². The molecule has 1 heterocycles. The molecule has 1 unspecified atom stereocenters. The zero-order valence-electron chi connectivity index (χ0n) is 18.8. The van der Waals surface area contributed by atoms with Crippen LogP contribution in [0, 0.1) is 11.6 Å². The number of aromatic amines is 1. The standard InChI is InChI=1S/C25H25F2N5O.2ClH/c26-17-7-3-15(4-8-17)20-12-22-23(13-21(20)16-5-9-18(27)10-6-16)32-24(31-22)25(33)30-14-19(29)2-1-11-28;;/h3-10,12-13,19H,1-2,11,14,28-29H2,(H,30,33)(H,31,32);2*1H. The van der Waals surface area contributed by atoms with E-state index in [1.807, 2.05) is 12.1 Å². The predicted molar refractivity (Wildman–Crippen MR) is 140 cm³/mol. The predicted octanol–water partition coefficient (Wildman–Crippen LogP) is 4.81. The number of hydrogen-bond donors (Lipinski definition) is 4. The van der Waals surface area contributed by atoms with Crippen molar-refractivity contribution in [2.75, 3.05) is 13.1 Å². The van der Waals surface area contributed by atoms with E-state index in [9.17, 15) is 13.6 Å². The summed E-state index contributed by atoms with van der Waals surface area (Å²) >= 11 is 0. The fourth-order valence-electron chi connectivity index (χ4n) is 3.69. The number of hydrogen-bond acceptors (Lipinski definition) is 4. The van der Waals surface area contributed by atoms with Gasteiger partial charge in [-0.2, -0.15) is 0 Å². The summed E-state index contributed by atoms with van der Waals surface area (Å²) in [6, 6.07) is 15.7. The van der Waals surface area contributed by atoms with Gasteiger partial charge in [0.15, 0.2) is 5.82 Å². The molecule has 0 aliphatic heterocycles. The molecule has 6 nitrogen and oxygen atoms in total. The van der Waals surface area contributed by atoms with Crippen molar-refractivity contribution >= 4 is 41.8 Å². The first-order chi connectivity index (χ1) is 15.9. The summed E-state index contributed by atoms with van der Waals surface area (Å²) in [7, 11) is 0.